The summed E-state index contributed by atoms with van der Waals surface area (Å²) in [6.45, 7) is 6.13. The van der Waals surface area contributed by atoms with E-state index in [-0.39, 0.29) is 5.97 Å². The number of ether oxygens (including phenoxy) is 2. The Morgan fingerprint density at radius 3 is 2.52 bits per heavy atom. The number of hydrogen-bond donors (Lipinski definition) is 0. The molecular weight excluding hydrogens is 264 g/mol. The van der Waals surface area contributed by atoms with Crippen LogP contribution in [0.2, 0.25) is 0 Å². The Balaban J connectivity index is 2.28. The van der Waals surface area contributed by atoms with Crippen LogP contribution in [0.5, 0.6) is 11.5 Å². The highest BCUT2D eigenvalue weighted by Crippen LogP contribution is 2.28. The molecule has 0 fully saturated rings. The summed E-state index contributed by atoms with van der Waals surface area (Å²) >= 11 is 0. The number of carbonyl (C=O) groups is 1. The van der Waals surface area contributed by atoms with Crippen molar-refractivity contribution in [3.63, 3.8) is 0 Å². The van der Waals surface area contributed by atoms with Crippen molar-refractivity contribution >= 4 is 5.97 Å². The Hall–Kier alpha value is -2.29. The number of hydrogen-bond acceptors (Lipinski definition) is 3. The van der Waals surface area contributed by atoms with Crippen LogP contribution in [0.15, 0.2) is 42.5 Å². The summed E-state index contributed by atoms with van der Waals surface area (Å²) in [4.78, 5) is 12.3. The zero-order chi connectivity index (χ0) is 15.4. The Bertz CT molecular complexity index is 645. The van der Waals surface area contributed by atoms with Crippen LogP contribution in [0, 0.1) is 6.92 Å². The molecule has 0 unspecified atom stereocenters. The first-order valence-electron chi connectivity index (χ1n) is 6.98. The molecule has 0 atom stereocenters. The Morgan fingerprint density at radius 2 is 1.86 bits per heavy atom. The molecule has 21 heavy (non-hydrogen) atoms. The maximum atomic E-state index is 12.3. The first-order valence-corrected chi connectivity index (χ1v) is 6.98. The minimum Gasteiger partial charge on any atom is -0.497 e. The third-order valence-corrected chi connectivity index (χ3v) is 3.30. The second kappa shape index (κ2) is 6.44. The zero-order valence-corrected chi connectivity index (χ0v) is 12.8. The molecule has 0 saturated heterocycles. The number of carbonyl (C=O) groups excluding carboxylic acids is 1. The molecule has 0 saturated carbocycles. The van der Waals surface area contributed by atoms with E-state index in [1.165, 1.54) is 0 Å². The molecule has 110 valence electrons. The van der Waals surface area contributed by atoms with E-state index in [2.05, 4.69) is 13.8 Å². The van der Waals surface area contributed by atoms with Gasteiger partial charge in [-0.25, -0.2) is 4.79 Å². The van der Waals surface area contributed by atoms with Crippen LogP contribution in [-0.4, -0.2) is 13.1 Å². The summed E-state index contributed by atoms with van der Waals surface area (Å²) in [5.41, 5.74) is 2.57. The van der Waals surface area contributed by atoms with Crippen molar-refractivity contribution in [1.29, 1.82) is 0 Å². The van der Waals surface area contributed by atoms with E-state index in [4.69, 9.17) is 9.47 Å². The standard InChI is InChI=1S/C18H20O3/c1-12(2)16-9-8-13(3)10-17(16)21-18(19)14-6-5-7-15(11-14)20-4/h5-12H,1-4H3. The van der Waals surface area contributed by atoms with Crippen molar-refractivity contribution in [3.05, 3.63) is 59.2 Å². The summed E-state index contributed by atoms with van der Waals surface area (Å²) < 4.78 is 10.7. The van der Waals surface area contributed by atoms with Crippen molar-refractivity contribution in [1.82, 2.24) is 0 Å². The fraction of sp³-hybridized carbons (Fsp3) is 0.278. The fourth-order valence-electron chi connectivity index (χ4n) is 2.12. The van der Waals surface area contributed by atoms with Gasteiger partial charge in [-0.15, -0.1) is 0 Å². The number of esters is 1. The van der Waals surface area contributed by atoms with Gasteiger partial charge < -0.3 is 9.47 Å². The van der Waals surface area contributed by atoms with E-state index < -0.39 is 0 Å². The average Bonchev–Trinajstić information content (AvgIpc) is 2.47. The van der Waals surface area contributed by atoms with Gasteiger partial charge in [0.25, 0.3) is 0 Å². The normalized spacial score (nSPS) is 10.5. The summed E-state index contributed by atoms with van der Waals surface area (Å²) in [5.74, 6) is 1.18. The number of methoxy groups -OCH3 is 1. The largest absolute Gasteiger partial charge is 0.497 e. The number of benzene rings is 2. The van der Waals surface area contributed by atoms with Gasteiger partial charge in [-0.1, -0.05) is 32.0 Å². The van der Waals surface area contributed by atoms with E-state index >= 15 is 0 Å². The van der Waals surface area contributed by atoms with E-state index in [0.29, 0.717) is 23.0 Å². The van der Waals surface area contributed by atoms with Crippen LogP contribution < -0.4 is 9.47 Å². The van der Waals surface area contributed by atoms with Crippen LogP contribution in [0.3, 0.4) is 0 Å². The SMILES string of the molecule is COc1cccc(C(=O)Oc2cc(C)ccc2C(C)C)c1. The minimum absolute atomic E-state index is 0.290. The van der Waals surface area contributed by atoms with E-state index in [1.807, 2.05) is 25.1 Å². The molecule has 0 aliphatic heterocycles. The lowest BCUT2D eigenvalue weighted by Crippen LogP contribution is -2.10. The smallest absolute Gasteiger partial charge is 0.343 e. The third kappa shape index (κ3) is 3.63. The van der Waals surface area contributed by atoms with Gasteiger partial charge in [0.2, 0.25) is 0 Å². The summed E-state index contributed by atoms with van der Waals surface area (Å²) in [5, 5.41) is 0. The number of rotatable bonds is 4. The monoisotopic (exact) mass is 284 g/mol. The van der Waals surface area contributed by atoms with Crippen LogP contribution >= 0.6 is 0 Å². The lowest BCUT2D eigenvalue weighted by Gasteiger charge is -2.14. The maximum Gasteiger partial charge on any atom is 0.343 e. The van der Waals surface area contributed by atoms with Crippen molar-refractivity contribution in [3.8, 4) is 11.5 Å². The molecule has 0 aromatic heterocycles. The molecule has 0 bridgehead atoms. The van der Waals surface area contributed by atoms with Gasteiger partial charge in [-0.05, 0) is 48.2 Å². The van der Waals surface area contributed by atoms with E-state index in [1.54, 1.807) is 31.4 Å². The third-order valence-electron chi connectivity index (χ3n) is 3.30. The predicted octanol–water partition coefficient (Wildman–Crippen LogP) is 4.35. The molecule has 0 heterocycles. The highest BCUT2D eigenvalue weighted by atomic mass is 16.5. The molecule has 0 amide bonds. The molecule has 0 aliphatic rings. The van der Waals surface area contributed by atoms with Gasteiger partial charge in [-0.3, -0.25) is 0 Å². The maximum absolute atomic E-state index is 12.3. The molecule has 2 aromatic carbocycles. The van der Waals surface area contributed by atoms with Gasteiger partial charge in [0.15, 0.2) is 0 Å². The molecule has 0 spiro atoms. The second-order valence-electron chi connectivity index (χ2n) is 5.32. The molecular formula is C18H20O3. The van der Waals surface area contributed by atoms with Crippen LogP contribution in [-0.2, 0) is 0 Å². The summed E-state index contributed by atoms with van der Waals surface area (Å²) in [6, 6.07) is 12.9. The summed E-state index contributed by atoms with van der Waals surface area (Å²) in [6.07, 6.45) is 0. The molecule has 0 radical (unpaired) electrons. The van der Waals surface area contributed by atoms with Crippen LogP contribution in [0.1, 0.15) is 41.3 Å². The molecule has 3 nitrogen and oxygen atoms in total. The number of aryl methyl sites for hydroxylation is 1. The van der Waals surface area contributed by atoms with Crippen molar-refractivity contribution in [2.24, 2.45) is 0 Å². The topological polar surface area (TPSA) is 35.5 Å². The average molecular weight is 284 g/mol. The quantitative estimate of drug-likeness (QED) is 0.618. The lowest BCUT2D eigenvalue weighted by molar-refractivity contribution is 0.0732. The molecule has 0 N–H and O–H groups in total. The van der Waals surface area contributed by atoms with Gasteiger partial charge >= 0.3 is 5.97 Å². The van der Waals surface area contributed by atoms with Gasteiger partial charge in [0.05, 0.1) is 12.7 Å². The van der Waals surface area contributed by atoms with Crippen molar-refractivity contribution in [2.75, 3.05) is 7.11 Å². The van der Waals surface area contributed by atoms with E-state index in [9.17, 15) is 4.79 Å². The zero-order valence-electron chi connectivity index (χ0n) is 12.8. The Kier molecular flexibility index (Phi) is 4.63. The van der Waals surface area contributed by atoms with Gasteiger partial charge in [-0.2, -0.15) is 0 Å². The van der Waals surface area contributed by atoms with Gasteiger partial charge in [0, 0.05) is 0 Å². The first kappa shape index (κ1) is 15.1. The Labute approximate surface area is 125 Å². The summed E-state index contributed by atoms with van der Waals surface area (Å²) in [7, 11) is 1.57. The highest BCUT2D eigenvalue weighted by Gasteiger charge is 2.14. The Morgan fingerprint density at radius 1 is 1.10 bits per heavy atom. The molecule has 2 aromatic rings. The van der Waals surface area contributed by atoms with Crippen molar-refractivity contribution < 1.29 is 14.3 Å². The van der Waals surface area contributed by atoms with E-state index in [0.717, 1.165) is 11.1 Å². The van der Waals surface area contributed by atoms with Crippen LogP contribution in [0.4, 0.5) is 0 Å². The molecule has 0 aliphatic carbocycles. The fourth-order valence-corrected chi connectivity index (χ4v) is 2.12. The first-order chi connectivity index (χ1) is 10.0. The highest BCUT2D eigenvalue weighted by molar-refractivity contribution is 5.91. The molecule has 3 heteroatoms. The van der Waals surface area contributed by atoms with Crippen LogP contribution in [0.25, 0.3) is 0 Å². The van der Waals surface area contributed by atoms with Crippen molar-refractivity contribution in [2.45, 2.75) is 26.7 Å². The molecule has 2 rings (SSSR count). The second-order valence-corrected chi connectivity index (χ2v) is 5.32. The lowest BCUT2D eigenvalue weighted by atomic mass is 10.0. The predicted molar refractivity (Wildman–Crippen MR) is 83.2 cm³/mol. The van der Waals surface area contributed by atoms with Gasteiger partial charge in [0.1, 0.15) is 11.5 Å². The minimum atomic E-state index is -0.374.